The maximum Gasteiger partial charge on any atom is 0.142 e. The summed E-state index contributed by atoms with van der Waals surface area (Å²) in [6, 6.07) is 5.57. The van der Waals surface area contributed by atoms with Gasteiger partial charge in [-0.15, -0.1) is 0 Å². The predicted octanol–water partition coefficient (Wildman–Crippen LogP) is 4.79. The molecule has 21 heavy (non-hydrogen) atoms. The Morgan fingerprint density at radius 1 is 1.00 bits per heavy atom. The SMILES string of the molecule is Cc1cc(C)c(CC(N)c2cc(F)c(Cl)cc2F)c(C)c1. The van der Waals surface area contributed by atoms with Gasteiger partial charge in [0.05, 0.1) is 5.02 Å². The lowest BCUT2D eigenvalue weighted by molar-refractivity contribution is 0.560. The maximum absolute atomic E-state index is 13.9. The topological polar surface area (TPSA) is 26.0 Å². The molecule has 1 nitrogen and oxygen atoms in total. The van der Waals surface area contributed by atoms with E-state index in [2.05, 4.69) is 12.1 Å². The molecule has 4 heteroatoms. The highest BCUT2D eigenvalue weighted by molar-refractivity contribution is 6.30. The van der Waals surface area contributed by atoms with Crippen LogP contribution in [0.25, 0.3) is 0 Å². The Bertz CT molecular complexity index is 660. The van der Waals surface area contributed by atoms with Crippen molar-refractivity contribution in [1.29, 1.82) is 0 Å². The first-order chi connectivity index (χ1) is 9.79. The standard InChI is InChI=1S/C17H18ClF2N/c1-9-4-10(2)12(11(3)5-9)7-17(21)13-6-16(20)14(18)8-15(13)19/h4-6,8,17H,7,21H2,1-3H3. The Morgan fingerprint density at radius 2 is 1.57 bits per heavy atom. The van der Waals surface area contributed by atoms with E-state index in [0.29, 0.717) is 6.42 Å². The molecule has 0 spiro atoms. The summed E-state index contributed by atoms with van der Waals surface area (Å²) in [5, 5.41) is -0.230. The van der Waals surface area contributed by atoms with Crippen molar-refractivity contribution < 1.29 is 8.78 Å². The van der Waals surface area contributed by atoms with Crippen molar-refractivity contribution >= 4 is 11.6 Å². The molecule has 112 valence electrons. The van der Waals surface area contributed by atoms with Crippen LogP contribution in [0, 0.1) is 32.4 Å². The minimum atomic E-state index is -0.652. The Balaban J connectivity index is 2.35. The fraction of sp³-hybridized carbons (Fsp3) is 0.294. The largest absolute Gasteiger partial charge is 0.324 e. The second-order valence-electron chi connectivity index (χ2n) is 5.48. The van der Waals surface area contributed by atoms with Crippen molar-refractivity contribution in [2.45, 2.75) is 33.2 Å². The van der Waals surface area contributed by atoms with Crippen LogP contribution in [0.1, 0.15) is 33.9 Å². The maximum atomic E-state index is 13.9. The molecular weight excluding hydrogens is 292 g/mol. The number of halogens is 3. The van der Waals surface area contributed by atoms with Gasteiger partial charge in [-0.3, -0.25) is 0 Å². The third-order valence-electron chi connectivity index (χ3n) is 3.70. The molecule has 0 aliphatic carbocycles. The van der Waals surface area contributed by atoms with E-state index in [4.69, 9.17) is 17.3 Å². The van der Waals surface area contributed by atoms with Crippen LogP contribution in [-0.2, 0) is 6.42 Å². The predicted molar refractivity (Wildman–Crippen MR) is 82.7 cm³/mol. The summed E-state index contributed by atoms with van der Waals surface area (Å²) in [7, 11) is 0. The molecule has 0 heterocycles. The Morgan fingerprint density at radius 3 is 2.14 bits per heavy atom. The molecule has 1 unspecified atom stereocenters. The average molecular weight is 310 g/mol. The molecule has 2 rings (SSSR count). The molecule has 0 fully saturated rings. The van der Waals surface area contributed by atoms with Crippen LogP contribution in [0.4, 0.5) is 8.78 Å². The van der Waals surface area contributed by atoms with E-state index in [1.54, 1.807) is 0 Å². The quantitative estimate of drug-likeness (QED) is 0.811. The fourth-order valence-corrected chi connectivity index (χ4v) is 2.83. The lowest BCUT2D eigenvalue weighted by Crippen LogP contribution is -2.17. The molecule has 2 aromatic rings. The van der Waals surface area contributed by atoms with Crippen LogP contribution < -0.4 is 5.73 Å². The molecule has 0 aromatic heterocycles. The van der Waals surface area contributed by atoms with Gasteiger partial charge in [-0.2, -0.15) is 0 Å². The Kier molecular flexibility index (Phi) is 4.64. The van der Waals surface area contributed by atoms with E-state index < -0.39 is 17.7 Å². The number of nitrogens with two attached hydrogens (primary N) is 1. The highest BCUT2D eigenvalue weighted by atomic mass is 35.5. The molecular formula is C17H18ClF2N. The average Bonchev–Trinajstić information content (AvgIpc) is 2.37. The number of aryl methyl sites for hydroxylation is 3. The zero-order valence-electron chi connectivity index (χ0n) is 12.3. The monoisotopic (exact) mass is 309 g/mol. The minimum absolute atomic E-state index is 0.149. The Labute approximate surface area is 128 Å². The fourth-order valence-electron chi connectivity index (χ4n) is 2.68. The van der Waals surface area contributed by atoms with E-state index >= 15 is 0 Å². The third kappa shape index (κ3) is 3.42. The van der Waals surface area contributed by atoms with Gasteiger partial charge in [-0.1, -0.05) is 29.3 Å². The van der Waals surface area contributed by atoms with Gasteiger partial charge in [-0.05, 0) is 56.0 Å². The first-order valence-electron chi connectivity index (χ1n) is 6.76. The van der Waals surface area contributed by atoms with Crippen LogP contribution in [-0.4, -0.2) is 0 Å². The number of rotatable bonds is 3. The summed E-state index contributed by atoms with van der Waals surface area (Å²) in [6.45, 7) is 6.03. The first-order valence-corrected chi connectivity index (χ1v) is 7.14. The van der Waals surface area contributed by atoms with Crippen molar-refractivity contribution in [3.05, 3.63) is 68.7 Å². The molecule has 0 radical (unpaired) electrons. The highest BCUT2D eigenvalue weighted by Crippen LogP contribution is 2.27. The van der Waals surface area contributed by atoms with Gasteiger partial charge in [0, 0.05) is 11.6 Å². The van der Waals surface area contributed by atoms with Crippen molar-refractivity contribution in [1.82, 2.24) is 0 Å². The van der Waals surface area contributed by atoms with Gasteiger partial charge < -0.3 is 5.73 Å². The lowest BCUT2D eigenvalue weighted by Gasteiger charge is -2.17. The van der Waals surface area contributed by atoms with Crippen molar-refractivity contribution in [2.75, 3.05) is 0 Å². The molecule has 0 amide bonds. The summed E-state index contributed by atoms with van der Waals surface area (Å²) in [6.07, 6.45) is 0.454. The van der Waals surface area contributed by atoms with Gasteiger partial charge in [0.15, 0.2) is 0 Å². The molecule has 0 aliphatic heterocycles. The van der Waals surface area contributed by atoms with E-state index in [1.165, 1.54) is 5.56 Å². The van der Waals surface area contributed by atoms with Crippen molar-refractivity contribution in [3.8, 4) is 0 Å². The van der Waals surface area contributed by atoms with Gasteiger partial charge in [-0.25, -0.2) is 8.78 Å². The number of benzene rings is 2. The first kappa shape index (κ1) is 15.9. The van der Waals surface area contributed by atoms with Gasteiger partial charge >= 0.3 is 0 Å². The van der Waals surface area contributed by atoms with Crippen LogP contribution in [0.5, 0.6) is 0 Å². The van der Waals surface area contributed by atoms with Crippen molar-refractivity contribution in [2.24, 2.45) is 5.73 Å². The molecule has 0 saturated carbocycles. The second-order valence-corrected chi connectivity index (χ2v) is 5.88. The van der Waals surface area contributed by atoms with Crippen molar-refractivity contribution in [3.63, 3.8) is 0 Å². The van der Waals surface area contributed by atoms with E-state index in [9.17, 15) is 8.78 Å². The van der Waals surface area contributed by atoms with Gasteiger partial charge in [0.2, 0.25) is 0 Å². The summed E-state index contributed by atoms with van der Waals surface area (Å²) in [5.41, 5.74) is 10.7. The summed E-state index contributed by atoms with van der Waals surface area (Å²) in [4.78, 5) is 0. The Hall–Kier alpha value is -1.45. The molecule has 2 N–H and O–H groups in total. The van der Waals surface area contributed by atoms with Crippen LogP contribution >= 0.6 is 11.6 Å². The molecule has 0 saturated heterocycles. The summed E-state index contributed by atoms with van der Waals surface area (Å²) < 4.78 is 27.4. The zero-order chi connectivity index (χ0) is 15.7. The van der Waals surface area contributed by atoms with Crippen LogP contribution in [0.15, 0.2) is 24.3 Å². The molecule has 2 aromatic carbocycles. The number of hydrogen-bond donors (Lipinski definition) is 1. The second kappa shape index (κ2) is 6.12. The van der Waals surface area contributed by atoms with E-state index in [0.717, 1.165) is 28.8 Å². The van der Waals surface area contributed by atoms with E-state index in [-0.39, 0.29) is 10.6 Å². The highest BCUT2D eigenvalue weighted by Gasteiger charge is 2.17. The smallest absolute Gasteiger partial charge is 0.142 e. The van der Waals surface area contributed by atoms with Gasteiger partial charge in [0.25, 0.3) is 0 Å². The number of hydrogen-bond acceptors (Lipinski definition) is 1. The van der Waals surface area contributed by atoms with Crippen LogP contribution in [0.2, 0.25) is 5.02 Å². The zero-order valence-corrected chi connectivity index (χ0v) is 13.1. The molecule has 0 bridgehead atoms. The molecule has 1 atom stereocenters. The molecule has 0 aliphatic rings. The minimum Gasteiger partial charge on any atom is -0.324 e. The summed E-state index contributed by atoms with van der Waals surface area (Å²) >= 11 is 5.56. The third-order valence-corrected chi connectivity index (χ3v) is 3.99. The summed E-state index contributed by atoms with van der Waals surface area (Å²) in [5.74, 6) is -1.22. The lowest BCUT2D eigenvalue weighted by atomic mass is 9.92. The van der Waals surface area contributed by atoms with Gasteiger partial charge in [0.1, 0.15) is 11.6 Å². The van der Waals surface area contributed by atoms with Crippen LogP contribution in [0.3, 0.4) is 0 Å². The van der Waals surface area contributed by atoms with E-state index in [1.807, 2.05) is 20.8 Å². The normalized spacial score (nSPS) is 12.5.